The molecule has 3 aromatic rings. The number of hydrogen-bond donors (Lipinski definition) is 4. The normalized spacial score (nSPS) is 13.2. The van der Waals surface area contributed by atoms with Crippen molar-refractivity contribution in [3.63, 3.8) is 0 Å². The Morgan fingerprint density at radius 1 is 1.20 bits per heavy atom. The molecule has 0 amide bonds. The number of aliphatic hydroxyl groups is 1. The lowest BCUT2D eigenvalue weighted by Crippen LogP contribution is -2.33. The number of fused-ring (bicyclic) bond motifs is 1. The van der Waals surface area contributed by atoms with Gasteiger partial charge in [0.15, 0.2) is 6.61 Å². The molecule has 3 rings (SSSR count). The standard InChI is InChI=1S/C23H28N2O5/c1-3-29-21(27)14-30-20-6-4-5-19-17(13-25-22(19)20)11-12-24-15(2)23(28)16-7-9-18(26)10-8-16/h4-10,13,15,23-26,28H,3,11-12,14H2,1-2H3/t15-,23-/m0/s1. The third-order valence-electron chi connectivity index (χ3n) is 4.98. The average Bonchev–Trinajstić information content (AvgIpc) is 3.16. The number of carbonyl (C=O) groups is 1. The Hall–Kier alpha value is -3.03. The Kier molecular flexibility index (Phi) is 7.32. The van der Waals surface area contributed by atoms with Gasteiger partial charge in [0.25, 0.3) is 0 Å². The van der Waals surface area contributed by atoms with Crippen LogP contribution < -0.4 is 10.1 Å². The molecule has 0 saturated carbocycles. The molecule has 0 aliphatic heterocycles. The van der Waals surface area contributed by atoms with Gasteiger partial charge in [-0.15, -0.1) is 0 Å². The SMILES string of the molecule is CCOC(=O)COc1cccc2c(CCN[C@@H](C)[C@H](O)c3ccc(O)cc3)c[nH]c12. The molecule has 0 fully saturated rings. The number of esters is 1. The second-order valence-electron chi connectivity index (χ2n) is 7.12. The number of ether oxygens (including phenoxy) is 2. The highest BCUT2D eigenvalue weighted by atomic mass is 16.6. The van der Waals surface area contributed by atoms with Gasteiger partial charge in [0.05, 0.1) is 18.2 Å². The van der Waals surface area contributed by atoms with E-state index in [1.54, 1.807) is 31.2 Å². The van der Waals surface area contributed by atoms with Crippen LogP contribution >= 0.6 is 0 Å². The van der Waals surface area contributed by atoms with Crippen LogP contribution in [-0.4, -0.2) is 47.0 Å². The Morgan fingerprint density at radius 3 is 2.70 bits per heavy atom. The summed E-state index contributed by atoms with van der Waals surface area (Å²) in [5, 5.41) is 24.2. The molecule has 1 heterocycles. The Morgan fingerprint density at radius 2 is 1.97 bits per heavy atom. The van der Waals surface area contributed by atoms with Gasteiger partial charge in [-0.2, -0.15) is 0 Å². The van der Waals surface area contributed by atoms with Crippen LogP contribution in [0.4, 0.5) is 0 Å². The molecule has 2 aromatic carbocycles. The summed E-state index contributed by atoms with van der Waals surface area (Å²) in [7, 11) is 0. The Labute approximate surface area is 175 Å². The van der Waals surface area contributed by atoms with Gasteiger partial charge in [-0.25, -0.2) is 4.79 Å². The van der Waals surface area contributed by atoms with Crippen LogP contribution in [0.1, 0.15) is 31.1 Å². The molecular weight excluding hydrogens is 384 g/mol. The molecule has 0 radical (unpaired) electrons. The molecule has 2 atom stereocenters. The minimum atomic E-state index is -0.670. The first-order chi connectivity index (χ1) is 14.5. The molecule has 0 aliphatic rings. The van der Waals surface area contributed by atoms with E-state index in [0.29, 0.717) is 18.9 Å². The molecule has 160 valence electrons. The van der Waals surface area contributed by atoms with Gasteiger partial charge in [0.2, 0.25) is 0 Å². The molecule has 7 nitrogen and oxygen atoms in total. The summed E-state index contributed by atoms with van der Waals surface area (Å²) in [5.74, 6) is 0.388. The average molecular weight is 412 g/mol. The summed E-state index contributed by atoms with van der Waals surface area (Å²) in [5.41, 5.74) is 2.71. The third kappa shape index (κ3) is 5.31. The van der Waals surface area contributed by atoms with Crippen LogP contribution in [-0.2, 0) is 16.0 Å². The quantitative estimate of drug-likeness (QED) is 0.382. The van der Waals surface area contributed by atoms with Gasteiger partial charge >= 0.3 is 5.97 Å². The number of phenolic OH excluding ortho intramolecular Hbond substituents is 1. The first-order valence-corrected chi connectivity index (χ1v) is 10.1. The van der Waals surface area contributed by atoms with E-state index < -0.39 is 12.1 Å². The van der Waals surface area contributed by atoms with E-state index >= 15 is 0 Å². The van der Waals surface area contributed by atoms with Crippen LogP contribution in [0, 0.1) is 0 Å². The molecule has 0 bridgehead atoms. The lowest BCUT2D eigenvalue weighted by atomic mass is 10.0. The summed E-state index contributed by atoms with van der Waals surface area (Å²) in [4.78, 5) is 14.8. The topological polar surface area (TPSA) is 104 Å². The van der Waals surface area contributed by atoms with Crippen LogP contribution in [0.2, 0.25) is 0 Å². The third-order valence-corrected chi connectivity index (χ3v) is 4.98. The largest absolute Gasteiger partial charge is 0.508 e. The van der Waals surface area contributed by atoms with Crippen molar-refractivity contribution in [2.45, 2.75) is 32.4 Å². The molecule has 30 heavy (non-hydrogen) atoms. The van der Waals surface area contributed by atoms with Crippen LogP contribution in [0.3, 0.4) is 0 Å². The van der Waals surface area contributed by atoms with Crippen molar-refractivity contribution in [1.82, 2.24) is 10.3 Å². The number of para-hydroxylation sites is 1. The van der Waals surface area contributed by atoms with E-state index in [2.05, 4.69) is 10.3 Å². The van der Waals surface area contributed by atoms with E-state index in [1.165, 1.54) is 0 Å². The minimum absolute atomic E-state index is 0.129. The van der Waals surface area contributed by atoms with Crippen molar-refractivity contribution in [3.05, 3.63) is 59.8 Å². The number of H-pyrrole nitrogens is 1. The summed E-state index contributed by atoms with van der Waals surface area (Å²) in [6.45, 7) is 4.56. The maximum atomic E-state index is 11.5. The number of benzene rings is 2. The molecular formula is C23H28N2O5. The van der Waals surface area contributed by atoms with Gasteiger partial charge in [-0.05, 0) is 56.1 Å². The Bertz CT molecular complexity index is 967. The van der Waals surface area contributed by atoms with Gasteiger partial charge in [0.1, 0.15) is 11.5 Å². The molecule has 0 unspecified atom stereocenters. The number of rotatable bonds is 10. The maximum absolute atomic E-state index is 11.5. The van der Waals surface area contributed by atoms with Crippen molar-refractivity contribution >= 4 is 16.9 Å². The number of phenols is 1. The fourth-order valence-corrected chi connectivity index (χ4v) is 3.36. The summed E-state index contributed by atoms with van der Waals surface area (Å²) in [6, 6.07) is 12.1. The first kappa shape index (κ1) is 21.7. The van der Waals surface area contributed by atoms with Crippen molar-refractivity contribution in [2.24, 2.45) is 0 Å². The fourth-order valence-electron chi connectivity index (χ4n) is 3.36. The number of nitrogens with one attached hydrogen (secondary N) is 2. The second kappa shape index (κ2) is 10.1. The lowest BCUT2D eigenvalue weighted by molar-refractivity contribution is -0.145. The zero-order valence-corrected chi connectivity index (χ0v) is 17.2. The van der Waals surface area contributed by atoms with Crippen molar-refractivity contribution in [1.29, 1.82) is 0 Å². The lowest BCUT2D eigenvalue weighted by Gasteiger charge is -2.20. The number of aromatic hydroxyl groups is 1. The zero-order chi connectivity index (χ0) is 21.5. The van der Waals surface area contributed by atoms with Crippen molar-refractivity contribution in [2.75, 3.05) is 19.8 Å². The second-order valence-corrected chi connectivity index (χ2v) is 7.12. The minimum Gasteiger partial charge on any atom is -0.508 e. The number of aliphatic hydroxyl groups excluding tert-OH is 1. The fraction of sp³-hybridized carbons (Fsp3) is 0.348. The maximum Gasteiger partial charge on any atom is 0.344 e. The number of aromatic nitrogens is 1. The summed E-state index contributed by atoms with van der Waals surface area (Å²) >= 11 is 0. The molecule has 0 saturated heterocycles. The van der Waals surface area contributed by atoms with E-state index in [1.807, 2.05) is 31.3 Å². The summed E-state index contributed by atoms with van der Waals surface area (Å²) in [6.07, 6.45) is 2.02. The predicted octanol–water partition coefficient (Wildman–Crippen LogP) is 3.07. The molecule has 0 spiro atoms. The highest BCUT2D eigenvalue weighted by molar-refractivity contribution is 5.88. The highest BCUT2D eigenvalue weighted by Crippen LogP contribution is 2.27. The summed E-state index contributed by atoms with van der Waals surface area (Å²) < 4.78 is 10.5. The van der Waals surface area contributed by atoms with E-state index in [-0.39, 0.29) is 18.4 Å². The van der Waals surface area contributed by atoms with Gasteiger partial charge < -0.3 is 30.0 Å². The molecule has 4 N–H and O–H groups in total. The molecule has 7 heteroatoms. The smallest absolute Gasteiger partial charge is 0.344 e. The number of carbonyl (C=O) groups excluding carboxylic acids is 1. The molecule has 0 aliphatic carbocycles. The first-order valence-electron chi connectivity index (χ1n) is 10.1. The Balaban J connectivity index is 1.58. The van der Waals surface area contributed by atoms with Crippen LogP contribution in [0.25, 0.3) is 10.9 Å². The van der Waals surface area contributed by atoms with E-state index in [0.717, 1.165) is 28.5 Å². The van der Waals surface area contributed by atoms with Crippen LogP contribution in [0.5, 0.6) is 11.5 Å². The number of hydrogen-bond acceptors (Lipinski definition) is 6. The monoisotopic (exact) mass is 412 g/mol. The molecule has 1 aromatic heterocycles. The number of aromatic amines is 1. The predicted molar refractivity (Wildman–Crippen MR) is 115 cm³/mol. The van der Waals surface area contributed by atoms with E-state index in [9.17, 15) is 15.0 Å². The van der Waals surface area contributed by atoms with Gasteiger partial charge in [-0.1, -0.05) is 24.3 Å². The van der Waals surface area contributed by atoms with Gasteiger partial charge in [-0.3, -0.25) is 0 Å². The van der Waals surface area contributed by atoms with Gasteiger partial charge in [0, 0.05) is 17.6 Å². The van der Waals surface area contributed by atoms with E-state index in [4.69, 9.17) is 9.47 Å². The highest BCUT2D eigenvalue weighted by Gasteiger charge is 2.16. The zero-order valence-electron chi connectivity index (χ0n) is 17.2. The van der Waals surface area contributed by atoms with Crippen LogP contribution in [0.15, 0.2) is 48.7 Å². The van der Waals surface area contributed by atoms with Crippen molar-refractivity contribution in [3.8, 4) is 11.5 Å². The van der Waals surface area contributed by atoms with Crippen molar-refractivity contribution < 1.29 is 24.5 Å².